The lowest BCUT2D eigenvalue weighted by atomic mass is 10.1. The van der Waals surface area contributed by atoms with Crippen molar-refractivity contribution in [2.24, 2.45) is 11.7 Å². The molecule has 1 aromatic heterocycles. The number of fused-ring (bicyclic) bond motifs is 1. The van der Waals surface area contributed by atoms with Crippen molar-refractivity contribution in [2.75, 3.05) is 6.61 Å². The fraction of sp³-hybridized carbons (Fsp3) is 0.357. The Balaban J connectivity index is 1.97. The van der Waals surface area contributed by atoms with Crippen LogP contribution in [0.1, 0.15) is 29.0 Å². The van der Waals surface area contributed by atoms with E-state index in [-0.39, 0.29) is 0 Å². The molecule has 1 aliphatic carbocycles. The average Bonchev–Trinajstić information content (AvgIpc) is 3.07. The number of furan rings is 1. The summed E-state index contributed by atoms with van der Waals surface area (Å²) in [5, 5.41) is 0.730. The molecule has 94 valence electrons. The molecule has 4 heteroatoms. The van der Waals surface area contributed by atoms with E-state index in [9.17, 15) is 4.79 Å². The number of primary amides is 1. The average molecular weight is 245 g/mol. The van der Waals surface area contributed by atoms with E-state index in [1.807, 2.05) is 18.2 Å². The van der Waals surface area contributed by atoms with Crippen molar-refractivity contribution in [3.05, 3.63) is 29.5 Å². The molecule has 2 N–H and O–H groups in total. The van der Waals surface area contributed by atoms with Crippen LogP contribution in [0.5, 0.6) is 5.75 Å². The Labute approximate surface area is 105 Å². The van der Waals surface area contributed by atoms with Crippen molar-refractivity contribution in [3.63, 3.8) is 0 Å². The van der Waals surface area contributed by atoms with E-state index < -0.39 is 5.91 Å². The molecule has 1 amide bonds. The van der Waals surface area contributed by atoms with Gasteiger partial charge in [-0.3, -0.25) is 4.79 Å². The molecule has 1 heterocycles. The van der Waals surface area contributed by atoms with Gasteiger partial charge in [0.25, 0.3) is 5.91 Å². The molecule has 3 rings (SSSR count). The van der Waals surface area contributed by atoms with Crippen LogP contribution >= 0.6 is 0 Å². The van der Waals surface area contributed by atoms with Crippen LogP contribution in [0.15, 0.2) is 22.6 Å². The van der Waals surface area contributed by atoms with E-state index in [0.717, 1.165) is 17.7 Å². The van der Waals surface area contributed by atoms with Gasteiger partial charge in [-0.15, -0.1) is 0 Å². The zero-order valence-corrected chi connectivity index (χ0v) is 10.2. The first-order chi connectivity index (χ1) is 8.65. The number of aryl methyl sites for hydroxylation is 1. The van der Waals surface area contributed by atoms with E-state index >= 15 is 0 Å². The molecule has 0 bridgehead atoms. The molecule has 1 fully saturated rings. The first-order valence-corrected chi connectivity index (χ1v) is 6.11. The van der Waals surface area contributed by atoms with Crippen LogP contribution in [-0.2, 0) is 0 Å². The topological polar surface area (TPSA) is 65.5 Å². The molecule has 1 aliphatic rings. The van der Waals surface area contributed by atoms with Crippen LogP contribution in [0.25, 0.3) is 11.0 Å². The molecule has 1 aromatic carbocycles. The maximum Gasteiger partial charge on any atom is 0.252 e. The number of ether oxygens (including phenoxy) is 1. The number of amides is 1. The quantitative estimate of drug-likeness (QED) is 0.900. The number of hydrogen-bond donors (Lipinski definition) is 1. The summed E-state index contributed by atoms with van der Waals surface area (Å²) in [6, 6.07) is 5.50. The Morgan fingerprint density at radius 1 is 1.50 bits per heavy atom. The first-order valence-electron chi connectivity index (χ1n) is 6.11. The van der Waals surface area contributed by atoms with Crippen LogP contribution < -0.4 is 10.5 Å². The van der Waals surface area contributed by atoms with Gasteiger partial charge in [0.2, 0.25) is 0 Å². The summed E-state index contributed by atoms with van der Waals surface area (Å²) >= 11 is 0. The Morgan fingerprint density at radius 3 is 2.94 bits per heavy atom. The largest absolute Gasteiger partial charge is 0.493 e. The summed E-state index contributed by atoms with van der Waals surface area (Å²) < 4.78 is 11.2. The molecular weight excluding hydrogens is 230 g/mol. The first kappa shape index (κ1) is 11.1. The van der Waals surface area contributed by atoms with Crippen LogP contribution in [0, 0.1) is 12.8 Å². The molecule has 2 aromatic rings. The van der Waals surface area contributed by atoms with Crippen molar-refractivity contribution in [1.82, 2.24) is 0 Å². The van der Waals surface area contributed by atoms with Crippen LogP contribution in [-0.4, -0.2) is 12.5 Å². The van der Waals surface area contributed by atoms with Gasteiger partial charge in [0.15, 0.2) is 0 Å². The molecule has 0 radical (unpaired) electrons. The van der Waals surface area contributed by atoms with Crippen molar-refractivity contribution in [3.8, 4) is 5.75 Å². The number of rotatable bonds is 4. The van der Waals surface area contributed by atoms with Gasteiger partial charge in [-0.1, -0.05) is 0 Å². The summed E-state index contributed by atoms with van der Waals surface area (Å²) in [5.74, 6) is 1.54. The monoisotopic (exact) mass is 245 g/mol. The lowest BCUT2D eigenvalue weighted by Gasteiger charge is -2.04. The molecule has 0 unspecified atom stereocenters. The minimum Gasteiger partial charge on any atom is -0.493 e. The molecule has 18 heavy (non-hydrogen) atoms. The summed E-state index contributed by atoms with van der Waals surface area (Å²) in [5.41, 5.74) is 6.48. The summed E-state index contributed by atoms with van der Waals surface area (Å²) in [6.07, 6.45) is 2.50. The molecule has 4 nitrogen and oxygen atoms in total. The van der Waals surface area contributed by atoms with Crippen molar-refractivity contribution in [2.45, 2.75) is 19.8 Å². The van der Waals surface area contributed by atoms with Crippen LogP contribution in [0.2, 0.25) is 0 Å². The Kier molecular flexibility index (Phi) is 2.51. The SMILES string of the molecule is Cc1oc2ccc(OCC3CC3)cc2c1C(N)=O. The van der Waals surface area contributed by atoms with Gasteiger partial charge >= 0.3 is 0 Å². The highest BCUT2D eigenvalue weighted by molar-refractivity contribution is 6.06. The summed E-state index contributed by atoms with van der Waals surface area (Å²) in [4.78, 5) is 11.4. The fourth-order valence-corrected chi connectivity index (χ4v) is 2.09. The van der Waals surface area contributed by atoms with Crippen LogP contribution in [0.3, 0.4) is 0 Å². The second kappa shape index (κ2) is 4.05. The Hall–Kier alpha value is -1.97. The van der Waals surface area contributed by atoms with E-state index in [0.29, 0.717) is 22.8 Å². The molecule has 0 aliphatic heterocycles. The van der Waals surface area contributed by atoms with E-state index in [1.165, 1.54) is 12.8 Å². The maximum atomic E-state index is 11.4. The van der Waals surface area contributed by atoms with Crippen molar-refractivity contribution < 1.29 is 13.9 Å². The standard InChI is InChI=1S/C14H15NO3/c1-8-13(14(15)16)11-6-10(4-5-12(11)18-8)17-7-9-2-3-9/h4-6,9H,2-3,7H2,1H3,(H2,15,16). The Bertz CT molecular complexity index is 611. The molecule has 0 atom stereocenters. The fourth-order valence-electron chi connectivity index (χ4n) is 2.09. The third-order valence-corrected chi connectivity index (χ3v) is 3.26. The predicted octanol–water partition coefficient (Wildman–Crippen LogP) is 2.63. The van der Waals surface area contributed by atoms with Gasteiger partial charge in [-0.25, -0.2) is 0 Å². The number of carbonyl (C=O) groups excluding carboxylic acids is 1. The molecular formula is C14H15NO3. The van der Waals surface area contributed by atoms with Gasteiger partial charge in [0.1, 0.15) is 17.1 Å². The molecule has 1 saturated carbocycles. The normalized spacial score (nSPS) is 14.9. The third-order valence-electron chi connectivity index (χ3n) is 3.26. The minimum absolute atomic E-state index is 0.446. The second-order valence-corrected chi connectivity index (χ2v) is 4.81. The predicted molar refractivity (Wildman–Crippen MR) is 67.7 cm³/mol. The Morgan fingerprint density at radius 2 is 2.28 bits per heavy atom. The summed E-state index contributed by atoms with van der Waals surface area (Å²) in [6.45, 7) is 2.49. The minimum atomic E-state index is -0.467. The van der Waals surface area contributed by atoms with Gasteiger partial charge in [0, 0.05) is 5.39 Å². The number of hydrogen-bond acceptors (Lipinski definition) is 3. The van der Waals surface area contributed by atoms with Gasteiger partial charge in [-0.05, 0) is 43.9 Å². The smallest absolute Gasteiger partial charge is 0.252 e. The zero-order chi connectivity index (χ0) is 12.7. The lowest BCUT2D eigenvalue weighted by Crippen LogP contribution is -2.11. The number of nitrogens with two attached hydrogens (primary N) is 1. The number of benzene rings is 1. The molecule has 0 saturated heterocycles. The highest BCUT2D eigenvalue weighted by Gasteiger charge is 2.22. The third kappa shape index (κ3) is 1.94. The van der Waals surface area contributed by atoms with E-state index in [4.69, 9.17) is 14.9 Å². The van der Waals surface area contributed by atoms with Crippen molar-refractivity contribution in [1.29, 1.82) is 0 Å². The van der Waals surface area contributed by atoms with Crippen LogP contribution in [0.4, 0.5) is 0 Å². The summed E-state index contributed by atoms with van der Waals surface area (Å²) in [7, 11) is 0. The van der Waals surface area contributed by atoms with Gasteiger partial charge < -0.3 is 14.9 Å². The zero-order valence-electron chi connectivity index (χ0n) is 10.2. The molecule has 0 spiro atoms. The highest BCUT2D eigenvalue weighted by atomic mass is 16.5. The number of carbonyl (C=O) groups is 1. The van der Waals surface area contributed by atoms with Gasteiger partial charge in [-0.2, -0.15) is 0 Å². The highest BCUT2D eigenvalue weighted by Crippen LogP contribution is 2.32. The maximum absolute atomic E-state index is 11.4. The van der Waals surface area contributed by atoms with E-state index in [2.05, 4.69) is 0 Å². The lowest BCUT2D eigenvalue weighted by molar-refractivity contribution is 0.1000. The second-order valence-electron chi connectivity index (χ2n) is 4.81. The van der Waals surface area contributed by atoms with E-state index in [1.54, 1.807) is 6.92 Å². The van der Waals surface area contributed by atoms with Gasteiger partial charge in [0.05, 0.1) is 12.2 Å². The van der Waals surface area contributed by atoms with Crippen molar-refractivity contribution >= 4 is 16.9 Å².